The van der Waals surface area contributed by atoms with Crippen molar-refractivity contribution in [3.63, 3.8) is 0 Å². The first-order valence-corrected chi connectivity index (χ1v) is 7.12. The summed E-state index contributed by atoms with van der Waals surface area (Å²) in [6, 6.07) is 1.67. The van der Waals surface area contributed by atoms with Crippen LogP contribution in [0.2, 0.25) is 0 Å². The smallest absolute Gasteiger partial charge is 0.246 e. The van der Waals surface area contributed by atoms with Crippen LogP contribution in [-0.4, -0.2) is 38.5 Å². The summed E-state index contributed by atoms with van der Waals surface area (Å²) in [5.41, 5.74) is 5.23. The Bertz CT molecular complexity index is 592. The first kappa shape index (κ1) is 14.2. The van der Waals surface area contributed by atoms with Crippen LogP contribution in [0.1, 0.15) is 6.92 Å². The van der Waals surface area contributed by atoms with E-state index in [1.54, 1.807) is 6.92 Å². The molecule has 0 radical (unpaired) electrons. The van der Waals surface area contributed by atoms with Crippen LogP contribution >= 0.6 is 0 Å². The second kappa shape index (κ2) is 5.03. The van der Waals surface area contributed by atoms with Gasteiger partial charge in [0.2, 0.25) is 10.0 Å². The number of nitrogens with zero attached hydrogens (tertiary/aromatic N) is 1. The topological polar surface area (TPSA) is 72.6 Å². The Hall–Kier alpha value is -1.25. The number of nitrogen functional groups attached to an aromatic ring is 1. The van der Waals surface area contributed by atoms with Crippen LogP contribution in [0.5, 0.6) is 0 Å². The van der Waals surface area contributed by atoms with E-state index in [1.807, 2.05) is 0 Å². The molecule has 1 aromatic carbocycles. The Morgan fingerprint density at radius 1 is 1.42 bits per heavy atom. The van der Waals surface area contributed by atoms with E-state index in [-0.39, 0.29) is 31.5 Å². The molecule has 0 bridgehead atoms. The molecule has 0 spiro atoms. The summed E-state index contributed by atoms with van der Waals surface area (Å²) < 4.78 is 57.7. The Labute approximate surface area is 110 Å². The Balaban J connectivity index is 2.45. The van der Waals surface area contributed by atoms with Gasteiger partial charge in [0.1, 0.15) is 4.90 Å². The number of halogens is 2. The van der Waals surface area contributed by atoms with Crippen molar-refractivity contribution >= 4 is 15.7 Å². The lowest BCUT2D eigenvalue weighted by molar-refractivity contribution is 0.0101. The van der Waals surface area contributed by atoms with Gasteiger partial charge in [-0.1, -0.05) is 0 Å². The van der Waals surface area contributed by atoms with Gasteiger partial charge in [-0.05, 0) is 19.1 Å². The maximum Gasteiger partial charge on any atom is 0.246 e. The second-order valence-electron chi connectivity index (χ2n) is 4.36. The molecule has 2 N–H and O–H groups in total. The zero-order valence-corrected chi connectivity index (χ0v) is 11.1. The summed E-state index contributed by atoms with van der Waals surface area (Å²) in [6.45, 7) is 2.12. The molecule has 1 aliphatic heterocycles. The molecule has 1 atom stereocenters. The quantitative estimate of drug-likeness (QED) is 0.824. The average molecular weight is 292 g/mol. The number of hydrogen-bond acceptors (Lipinski definition) is 4. The van der Waals surface area contributed by atoms with Gasteiger partial charge in [0, 0.05) is 18.8 Å². The van der Waals surface area contributed by atoms with Crippen LogP contribution in [0, 0.1) is 11.6 Å². The highest BCUT2D eigenvalue weighted by Gasteiger charge is 2.32. The van der Waals surface area contributed by atoms with Crippen molar-refractivity contribution in [3.05, 3.63) is 23.8 Å². The van der Waals surface area contributed by atoms with Gasteiger partial charge in [-0.25, -0.2) is 17.2 Å². The normalized spacial score (nSPS) is 21.5. The third-order valence-corrected chi connectivity index (χ3v) is 4.70. The lowest BCUT2D eigenvalue weighted by Crippen LogP contribution is -2.44. The van der Waals surface area contributed by atoms with Gasteiger partial charge in [-0.3, -0.25) is 0 Å². The molecule has 1 aromatic rings. The monoisotopic (exact) mass is 292 g/mol. The molecule has 19 heavy (non-hydrogen) atoms. The number of benzene rings is 1. The molecule has 0 aromatic heterocycles. The largest absolute Gasteiger partial charge is 0.399 e. The molecule has 1 saturated heterocycles. The predicted octanol–water partition coefficient (Wildman–Crippen LogP) is 0.956. The third-order valence-electron chi connectivity index (χ3n) is 2.84. The van der Waals surface area contributed by atoms with Gasteiger partial charge in [0.15, 0.2) is 11.6 Å². The van der Waals surface area contributed by atoms with Crippen molar-refractivity contribution in [3.8, 4) is 0 Å². The highest BCUT2D eigenvalue weighted by molar-refractivity contribution is 7.89. The zero-order chi connectivity index (χ0) is 14.2. The molecule has 0 amide bonds. The van der Waals surface area contributed by atoms with Gasteiger partial charge in [0.25, 0.3) is 0 Å². The molecule has 106 valence electrons. The number of nitrogens with two attached hydrogens (primary N) is 1. The van der Waals surface area contributed by atoms with E-state index in [2.05, 4.69) is 0 Å². The number of sulfonamides is 1. The van der Waals surface area contributed by atoms with E-state index in [0.29, 0.717) is 0 Å². The van der Waals surface area contributed by atoms with Crippen molar-refractivity contribution in [2.75, 3.05) is 25.4 Å². The molecule has 2 rings (SSSR count). The summed E-state index contributed by atoms with van der Waals surface area (Å²) in [6.07, 6.45) is -0.294. The van der Waals surface area contributed by atoms with Crippen molar-refractivity contribution in [1.29, 1.82) is 0 Å². The predicted molar refractivity (Wildman–Crippen MR) is 64.9 cm³/mol. The minimum atomic E-state index is -4.11. The minimum Gasteiger partial charge on any atom is -0.399 e. The molecule has 5 nitrogen and oxygen atoms in total. The summed E-state index contributed by atoms with van der Waals surface area (Å²) in [5, 5.41) is 0. The molecular weight excluding hydrogens is 278 g/mol. The number of ether oxygens (including phenoxy) is 1. The van der Waals surface area contributed by atoms with E-state index in [4.69, 9.17) is 10.5 Å². The molecule has 1 unspecified atom stereocenters. The number of rotatable bonds is 2. The molecule has 0 aliphatic carbocycles. The maximum absolute atomic E-state index is 13.7. The van der Waals surface area contributed by atoms with Crippen molar-refractivity contribution in [1.82, 2.24) is 4.31 Å². The minimum absolute atomic E-state index is 0.0954. The van der Waals surface area contributed by atoms with Gasteiger partial charge >= 0.3 is 0 Å². The number of hydrogen-bond donors (Lipinski definition) is 1. The summed E-state index contributed by atoms with van der Waals surface area (Å²) >= 11 is 0. The van der Waals surface area contributed by atoms with Crippen LogP contribution in [-0.2, 0) is 14.8 Å². The average Bonchev–Trinajstić information content (AvgIpc) is 2.33. The molecule has 8 heteroatoms. The molecule has 1 fully saturated rings. The van der Waals surface area contributed by atoms with Gasteiger partial charge in [-0.2, -0.15) is 4.31 Å². The molecular formula is C11H14F2N2O3S. The van der Waals surface area contributed by atoms with E-state index in [0.717, 1.165) is 16.4 Å². The summed E-state index contributed by atoms with van der Waals surface area (Å²) in [7, 11) is -4.11. The van der Waals surface area contributed by atoms with Crippen LogP contribution < -0.4 is 5.73 Å². The lowest BCUT2D eigenvalue weighted by Gasteiger charge is -2.30. The SMILES string of the molecule is CC1CN(S(=O)(=O)c2cc(N)cc(F)c2F)CCO1. The van der Waals surface area contributed by atoms with Crippen LogP contribution in [0.4, 0.5) is 14.5 Å². The van der Waals surface area contributed by atoms with Crippen molar-refractivity contribution in [2.45, 2.75) is 17.9 Å². The van der Waals surface area contributed by atoms with Crippen LogP contribution in [0.25, 0.3) is 0 Å². The fraction of sp³-hybridized carbons (Fsp3) is 0.455. The maximum atomic E-state index is 13.7. The third kappa shape index (κ3) is 2.70. The summed E-state index contributed by atoms with van der Waals surface area (Å²) in [5.74, 6) is -2.69. The highest BCUT2D eigenvalue weighted by atomic mass is 32.2. The van der Waals surface area contributed by atoms with Crippen molar-refractivity contribution in [2.24, 2.45) is 0 Å². The Morgan fingerprint density at radius 3 is 2.74 bits per heavy atom. The fourth-order valence-corrected chi connectivity index (χ4v) is 3.52. The van der Waals surface area contributed by atoms with Crippen molar-refractivity contribution < 1.29 is 21.9 Å². The fourth-order valence-electron chi connectivity index (χ4n) is 1.92. The first-order chi connectivity index (χ1) is 8.82. The van der Waals surface area contributed by atoms with E-state index >= 15 is 0 Å². The van der Waals surface area contributed by atoms with E-state index < -0.39 is 26.6 Å². The lowest BCUT2D eigenvalue weighted by atomic mass is 10.3. The van der Waals surface area contributed by atoms with Gasteiger partial charge < -0.3 is 10.5 Å². The molecule has 1 aliphatic rings. The molecule has 0 saturated carbocycles. The number of morpholine rings is 1. The molecule has 1 heterocycles. The van der Waals surface area contributed by atoms with Crippen LogP contribution in [0.15, 0.2) is 17.0 Å². The first-order valence-electron chi connectivity index (χ1n) is 5.68. The zero-order valence-electron chi connectivity index (χ0n) is 10.3. The number of anilines is 1. The van der Waals surface area contributed by atoms with E-state index in [1.165, 1.54) is 0 Å². The van der Waals surface area contributed by atoms with E-state index in [9.17, 15) is 17.2 Å². The van der Waals surface area contributed by atoms with Gasteiger partial charge in [0.05, 0.1) is 12.7 Å². The van der Waals surface area contributed by atoms with Crippen LogP contribution in [0.3, 0.4) is 0 Å². The Kier molecular flexibility index (Phi) is 3.75. The second-order valence-corrected chi connectivity index (χ2v) is 6.27. The van der Waals surface area contributed by atoms with Gasteiger partial charge in [-0.15, -0.1) is 0 Å². The summed E-state index contributed by atoms with van der Waals surface area (Å²) in [4.78, 5) is -0.737. The Morgan fingerprint density at radius 2 is 2.11 bits per heavy atom. The standard InChI is InChI=1S/C11H14F2N2O3S/c1-7-6-15(2-3-18-7)19(16,17)10-5-8(14)4-9(12)11(10)13/h4-5,7H,2-3,6,14H2,1H3. The highest BCUT2D eigenvalue weighted by Crippen LogP contribution is 2.25.